The topological polar surface area (TPSA) is 38.1 Å². The van der Waals surface area contributed by atoms with Crippen molar-refractivity contribution in [2.24, 2.45) is 5.41 Å². The van der Waals surface area contributed by atoms with Crippen molar-refractivity contribution in [1.82, 2.24) is 10.3 Å². The predicted octanol–water partition coefficient (Wildman–Crippen LogP) is 3.85. The average Bonchev–Trinajstić information content (AvgIpc) is 2.63. The fraction of sp³-hybridized carbons (Fsp3) is 0.786. The highest BCUT2D eigenvalue weighted by Crippen LogP contribution is 2.27. The molecule has 1 atom stereocenters. The zero-order chi connectivity index (χ0) is 12.9. The van der Waals surface area contributed by atoms with E-state index in [0.717, 1.165) is 31.0 Å². The van der Waals surface area contributed by atoms with Crippen LogP contribution >= 0.6 is 0 Å². The highest BCUT2D eigenvalue weighted by Gasteiger charge is 2.18. The fourth-order valence-electron chi connectivity index (χ4n) is 1.79. The van der Waals surface area contributed by atoms with E-state index < -0.39 is 0 Å². The van der Waals surface area contributed by atoms with E-state index in [0.29, 0.717) is 11.5 Å². The first kappa shape index (κ1) is 14.2. The first-order valence-electron chi connectivity index (χ1n) is 6.58. The van der Waals surface area contributed by atoms with Gasteiger partial charge in [0, 0.05) is 6.92 Å². The van der Waals surface area contributed by atoms with Crippen molar-refractivity contribution < 1.29 is 4.42 Å². The molecule has 1 unspecified atom stereocenters. The number of nitrogens with zero attached hydrogens (tertiary/aromatic N) is 1. The van der Waals surface area contributed by atoms with Gasteiger partial charge in [-0.25, -0.2) is 4.98 Å². The van der Waals surface area contributed by atoms with Gasteiger partial charge in [-0.3, -0.25) is 0 Å². The highest BCUT2D eigenvalue weighted by molar-refractivity contribution is 5.02. The van der Waals surface area contributed by atoms with Crippen LogP contribution in [0.25, 0.3) is 0 Å². The molecule has 0 amide bonds. The quantitative estimate of drug-likeness (QED) is 0.818. The second-order valence-electron chi connectivity index (χ2n) is 5.90. The summed E-state index contributed by atoms with van der Waals surface area (Å²) in [6.45, 7) is 11.9. The van der Waals surface area contributed by atoms with Gasteiger partial charge in [0.1, 0.15) is 6.26 Å². The Balaban J connectivity index is 2.60. The zero-order valence-electron chi connectivity index (χ0n) is 11.8. The molecule has 0 aliphatic rings. The Morgan fingerprint density at radius 2 is 2.12 bits per heavy atom. The normalized spacial score (nSPS) is 13.9. The first-order valence-corrected chi connectivity index (χ1v) is 6.58. The molecule has 3 nitrogen and oxygen atoms in total. The number of hydrogen-bond donors (Lipinski definition) is 1. The lowest BCUT2D eigenvalue weighted by Crippen LogP contribution is -2.24. The monoisotopic (exact) mass is 238 g/mol. The number of oxazole rings is 1. The Hall–Kier alpha value is -0.830. The van der Waals surface area contributed by atoms with Crippen LogP contribution in [-0.2, 0) is 0 Å². The van der Waals surface area contributed by atoms with E-state index in [4.69, 9.17) is 4.42 Å². The van der Waals surface area contributed by atoms with Crippen LogP contribution in [0.15, 0.2) is 10.7 Å². The summed E-state index contributed by atoms with van der Waals surface area (Å²) in [5, 5.41) is 3.55. The standard InChI is InChI=1S/C14H26N2O/c1-6-9-15-12(7-8-14(3,4)5)13-10-17-11(2)16-13/h10,12,15H,6-9H2,1-5H3. The molecular formula is C14H26N2O. The predicted molar refractivity (Wildman–Crippen MR) is 71.0 cm³/mol. The maximum absolute atomic E-state index is 5.31. The van der Waals surface area contributed by atoms with Crippen LogP contribution in [0, 0.1) is 12.3 Å². The third-order valence-electron chi connectivity index (χ3n) is 2.82. The molecule has 0 radical (unpaired) electrons. The SMILES string of the molecule is CCCNC(CCC(C)(C)C)c1coc(C)n1. The molecule has 1 aromatic rings. The van der Waals surface area contributed by atoms with Crippen molar-refractivity contribution in [2.75, 3.05) is 6.54 Å². The minimum atomic E-state index is 0.326. The van der Waals surface area contributed by atoms with Crippen molar-refractivity contribution in [1.29, 1.82) is 0 Å². The van der Waals surface area contributed by atoms with Crippen molar-refractivity contribution in [2.45, 2.75) is 59.9 Å². The summed E-state index contributed by atoms with van der Waals surface area (Å²) in [7, 11) is 0. The maximum Gasteiger partial charge on any atom is 0.191 e. The van der Waals surface area contributed by atoms with Gasteiger partial charge >= 0.3 is 0 Å². The molecule has 0 aliphatic carbocycles. The van der Waals surface area contributed by atoms with Gasteiger partial charge in [-0.2, -0.15) is 0 Å². The molecule has 1 rings (SSSR count). The van der Waals surface area contributed by atoms with Crippen molar-refractivity contribution in [3.8, 4) is 0 Å². The number of rotatable bonds is 6. The van der Waals surface area contributed by atoms with Gasteiger partial charge in [0.2, 0.25) is 0 Å². The molecule has 1 aromatic heterocycles. The van der Waals surface area contributed by atoms with E-state index in [1.807, 2.05) is 6.92 Å². The Kier molecular flexibility index (Phi) is 5.19. The third kappa shape index (κ3) is 5.35. The van der Waals surface area contributed by atoms with Crippen molar-refractivity contribution >= 4 is 0 Å². The number of hydrogen-bond acceptors (Lipinski definition) is 3. The molecule has 17 heavy (non-hydrogen) atoms. The van der Waals surface area contributed by atoms with E-state index in [1.165, 1.54) is 6.42 Å². The Morgan fingerprint density at radius 3 is 2.59 bits per heavy atom. The van der Waals surface area contributed by atoms with Crippen LogP contribution in [-0.4, -0.2) is 11.5 Å². The summed E-state index contributed by atoms with van der Waals surface area (Å²) in [5.74, 6) is 0.749. The van der Waals surface area contributed by atoms with Gasteiger partial charge in [-0.1, -0.05) is 27.7 Å². The van der Waals surface area contributed by atoms with Gasteiger partial charge < -0.3 is 9.73 Å². The van der Waals surface area contributed by atoms with Crippen LogP contribution in [0.2, 0.25) is 0 Å². The summed E-state index contributed by atoms with van der Waals surface area (Å²) in [6.07, 6.45) is 5.21. The smallest absolute Gasteiger partial charge is 0.191 e. The summed E-state index contributed by atoms with van der Waals surface area (Å²) in [5.41, 5.74) is 1.41. The van der Waals surface area contributed by atoms with Crippen molar-refractivity contribution in [3.05, 3.63) is 17.8 Å². The Morgan fingerprint density at radius 1 is 1.41 bits per heavy atom. The molecular weight excluding hydrogens is 212 g/mol. The van der Waals surface area contributed by atoms with Crippen LogP contribution in [0.5, 0.6) is 0 Å². The number of aryl methyl sites for hydroxylation is 1. The maximum atomic E-state index is 5.31. The first-order chi connectivity index (χ1) is 7.92. The third-order valence-corrected chi connectivity index (χ3v) is 2.82. The summed E-state index contributed by atoms with van der Waals surface area (Å²) < 4.78 is 5.31. The second kappa shape index (κ2) is 6.20. The largest absolute Gasteiger partial charge is 0.449 e. The molecule has 0 saturated heterocycles. The second-order valence-corrected chi connectivity index (χ2v) is 5.90. The molecule has 98 valence electrons. The molecule has 0 fully saturated rings. The Labute approximate surface area is 105 Å². The van der Waals surface area contributed by atoms with Gasteiger partial charge in [-0.05, 0) is 31.2 Å². The summed E-state index contributed by atoms with van der Waals surface area (Å²) in [6, 6.07) is 0.326. The van der Waals surface area contributed by atoms with Crippen LogP contribution < -0.4 is 5.32 Å². The van der Waals surface area contributed by atoms with Gasteiger partial charge in [0.25, 0.3) is 0 Å². The fourth-order valence-corrected chi connectivity index (χ4v) is 1.79. The number of aromatic nitrogens is 1. The molecule has 0 bridgehead atoms. The minimum absolute atomic E-state index is 0.326. The van der Waals surface area contributed by atoms with Crippen molar-refractivity contribution in [3.63, 3.8) is 0 Å². The van der Waals surface area contributed by atoms with Gasteiger partial charge in [0.15, 0.2) is 5.89 Å². The van der Waals surface area contributed by atoms with Crippen LogP contribution in [0.1, 0.15) is 64.6 Å². The van der Waals surface area contributed by atoms with Crippen LogP contribution in [0.4, 0.5) is 0 Å². The highest BCUT2D eigenvalue weighted by atomic mass is 16.3. The molecule has 0 spiro atoms. The molecule has 0 saturated carbocycles. The van der Waals surface area contributed by atoms with E-state index in [9.17, 15) is 0 Å². The summed E-state index contributed by atoms with van der Waals surface area (Å²) in [4.78, 5) is 4.44. The lowest BCUT2D eigenvalue weighted by Gasteiger charge is -2.22. The molecule has 3 heteroatoms. The van der Waals surface area contributed by atoms with E-state index >= 15 is 0 Å². The molecule has 1 heterocycles. The lowest BCUT2D eigenvalue weighted by molar-refractivity contribution is 0.329. The minimum Gasteiger partial charge on any atom is -0.449 e. The average molecular weight is 238 g/mol. The van der Waals surface area contributed by atoms with E-state index in [2.05, 4.69) is 38.0 Å². The van der Waals surface area contributed by atoms with Gasteiger partial charge in [0.05, 0.1) is 11.7 Å². The molecule has 0 aromatic carbocycles. The van der Waals surface area contributed by atoms with Crippen LogP contribution in [0.3, 0.4) is 0 Å². The van der Waals surface area contributed by atoms with Gasteiger partial charge in [-0.15, -0.1) is 0 Å². The van der Waals surface area contributed by atoms with E-state index in [1.54, 1.807) is 6.26 Å². The lowest BCUT2D eigenvalue weighted by atomic mass is 9.88. The van der Waals surface area contributed by atoms with E-state index in [-0.39, 0.29) is 0 Å². The zero-order valence-corrected chi connectivity index (χ0v) is 11.8. The number of nitrogens with one attached hydrogen (secondary N) is 1. The molecule has 1 N–H and O–H groups in total. The summed E-state index contributed by atoms with van der Waals surface area (Å²) >= 11 is 0. The molecule has 0 aliphatic heterocycles. The Bertz CT molecular complexity index is 325.